The topological polar surface area (TPSA) is 29.0 Å². The molecule has 1 aliphatic rings. The third-order valence-corrected chi connectivity index (χ3v) is 7.34. The molecule has 0 saturated heterocycles. The largest absolute Gasteiger partial charge is 0.308 e. The summed E-state index contributed by atoms with van der Waals surface area (Å²) in [7, 11) is 0. The summed E-state index contributed by atoms with van der Waals surface area (Å²) < 4.78 is 0. The molecule has 0 bridgehead atoms. The van der Waals surface area contributed by atoms with Crippen LogP contribution >= 0.6 is 11.8 Å². The van der Waals surface area contributed by atoms with Crippen molar-refractivity contribution in [1.29, 1.82) is 0 Å². The van der Waals surface area contributed by atoms with Crippen molar-refractivity contribution in [3.05, 3.63) is 115 Å². The third-order valence-electron chi connectivity index (χ3n) is 6.21. The first-order valence-electron chi connectivity index (χ1n) is 11.3. The number of aromatic nitrogens is 2. The SMILES string of the molecule is Cc1cc(N2c3ccccc3Sc3ccccc32)c(C)cc1-c1ccnc(-c2ccccn2)c1. The Bertz CT molecular complexity index is 1470. The zero-order chi connectivity index (χ0) is 23.1. The maximum atomic E-state index is 4.56. The van der Waals surface area contributed by atoms with Gasteiger partial charge in [-0.1, -0.05) is 42.1 Å². The van der Waals surface area contributed by atoms with Gasteiger partial charge in [0.2, 0.25) is 0 Å². The van der Waals surface area contributed by atoms with E-state index in [1.165, 1.54) is 43.5 Å². The molecule has 2 aromatic heterocycles. The number of hydrogen-bond donors (Lipinski definition) is 0. The lowest BCUT2D eigenvalue weighted by Gasteiger charge is -2.34. The van der Waals surface area contributed by atoms with Gasteiger partial charge in [-0.15, -0.1) is 0 Å². The van der Waals surface area contributed by atoms with Gasteiger partial charge >= 0.3 is 0 Å². The lowest BCUT2D eigenvalue weighted by molar-refractivity contribution is 1.15. The first-order valence-corrected chi connectivity index (χ1v) is 12.2. The Labute approximate surface area is 204 Å². The molecular formula is C30H23N3S. The van der Waals surface area contributed by atoms with Crippen LogP contribution < -0.4 is 4.90 Å². The fraction of sp³-hybridized carbons (Fsp3) is 0.0667. The van der Waals surface area contributed by atoms with E-state index >= 15 is 0 Å². The van der Waals surface area contributed by atoms with Crippen LogP contribution in [0.4, 0.5) is 17.1 Å². The molecule has 0 aliphatic carbocycles. The monoisotopic (exact) mass is 457 g/mol. The molecule has 0 saturated carbocycles. The molecule has 0 atom stereocenters. The number of hydrogen-bond acceptors (Lipinski definition) is 4. The van der Waals surface area contributed by atoms with Gasteiger partial charge in [0.25, 0.3) is 0 Å². The Hall–Kier alpha value is -3.89. The summed E-state index contributed by atoms with van der Waals surface area (Å²) in [5.41, 5.74) is 10.3. The Morgan fingerprint density at radius 2 is 1.26 bits per heavy atom. The Kier molecular flexibility index (Phi) is 5.16. The molecule has 0 unspecified atom stereocenters. The molecule has 5 aromatic rings. The number of rotatable bonds is 3. The summed E-state index contributed by atoms with van der Waals surface area (Å²) in [6.07, 6.45) is 3.68. The van der Waals surface area contributed by atoms with Crippen molar-refractivity contribution in [3.8, 4) is 22.5 Å². The van der Waals surface area contributed by atoms with Crippen molar-refractivity contribution in [2.45, 2.75) is 23.6 Å². The Morgan fingerprint density at radius 1 is 0.588 bits per heavy atom. The van der Waals surface area contributed by atoms with Crippen molar-refractivity contribution in [3.63, 3.8) is 0 Å². The number of benzene rings is 3. The number of aryl methyl sites for hydroxylation is 2. The minimum atomic E-state index is 0.884. The molecule has 34 heavy (non-hydrogen) atoms. The number of nitrogens with zero attached hydrogens (tertiary/aromatic N) is 3. The summed E-state index contributed by atoms with van der Waals surface area (Å²) in [4.78, 5) is 14.0. The molecule has 0 fully saturated rings. The molecule has 4 heteroatoms. The van der Waals surface area contributed by atoms with E-state index < -0.39 is 0 Å². The second-order valence-electron chi connectivity index (χ2n) is 8.47. The first kappa shape index (κ1) is 20.7. The summed E-state index contributed by atoms with van der Waals surface area (Å²) in [5, 5.41) is 0. The quantitative estimate of drug-likeness (QED) is 0.267. The van der Waals surface area contributed by atoms with Crippen molar-refractivity contribution in [2.24, 2.45) is 0 Å². The average Bonchev–Trinajstić information content (AvgIpc) is 2.89. The van der Waals surface area contributed by atoms with E-state index in [9.17, 15) is 0 Å². The summed E-state index contributed by atoms with van der Waals surface area (Å²) >= 11 is 1.84. The average molecular weight is 458 g/mol. The fourth-order valence-corrected chi connectivity index (χ4v) is 5.63. The van der Waals surface area contributed by atoms with E-state index in [2.05, 4.69) is 102 Å². The van der Waals surface area contributed by atoms with Gasteiger partial charge in [-0.25, -0.2) is 0 Å². The summed E-state index contributed by atoms with van der Waals surface area (Å²) in [5.74, 6) is 0. The maximum Gasteiger partial charge on any atom is 0.0892 e. The van der Waals surface area contributed by atoms with Crippen LogP contribution in [0.2, 0.25) is 0 Å². The molecule has 3 aromatic carbocycles. The van der Waals surface area contributed by atoms with E-state index in [1.54, 1.807) is 6.20 Å². The van der Waals surface area contributed by atoms with Gasteiger partial charge < -0.3 is 4.90 Å². The highest BCUT2D eigenvalue weighted by Gasteiger charge is 2.25. The minimum absolute atomic E-state index is 0.884. The molecule has 0 N–H and O–H groups in total. The molecule has 3 heterocycles. The van der Waals surface area contributed by atoms with Crippen LogP contribution in [0.3, 0.4) is 0 Å². The van der Waals surface area contributed by atoms with Crippen LogP contribution in [0, 0.1) is 13.8 Å². The molecule has 164 valence electrons. The highest BCUT2D eigenvalue weighted by atomic mass is 32.2. The molecule has 6 rings (SSSR count). The zero-order valence-corrected chi connectivity index (χ0v) is 19.9. The van der Waals surface area contributed by atoms with Crippen LogP contribution in [0.5, 0.6) is 0 Å². The molecule has 0 spiro atoms. The van der Waals surface area contributed by atoms with Crippen molar-refractivity contribution < 1.29 is 0 Å². The molecule has 1 aliphatic heterocycles. The molecular weight excluding hydrogens is 434 g/mol. The van der Waals surface area contributed by atoms with Gasteiger partial charge in [0.05, 0.1) is 22.8 Å². The normalized spacial score (nSPS) is 12.2. The number of pyridine rings is 2. The van der Waals surface area contributed by atoms with Gasteiger partial charge in [0, 0.05) is 27.9 Å². The minimum Gasteiger partial charge on any atom is -0.308 e. The summed E-state index contributed by atoms with van der Waals surface area (Å²) in [6.45, 7) is 4.39. The van der Waals surface area contributed by atoms with Crippen LogP contribution in [0.25, 0.3) is 22.5 Å². The second-order valence-corrected chi connectivity index (χ2v) is 9.56. The van der Waals surface area contributed by atoms with Gasteiger partial charge in [0.15, 0.2) is 0 Å². The van der Waals surface area contributed by atoms with Gasteiger partial charge in [-0.05, 0) is 96.8 Å². The fourth-order valence-electron chi connectivity index (χ4n) is 4.57. The van der Waals surface area contributed by atoms with Crippen LogP contribution in [-0.2, 0) is 0 Å². The van der Waals surface area contributed by atoms with E-state index in [0.29, 0.717) is 0 Å². The van der Waals surface area contributed by atoms with E-state index in [1.807, 2.05) is 36.2 Å². The van der Waals surface area contributed by atoms with Crippen molar-refractivity contribution >= 4 is 28.8 Å². The maximum absolute atomic E-state index is 4.56. The smallest absolute Gasteiger partial charge is 0.0892 e. The highest BCUT2D eigenvalue weighted by molar-refractivity contribution is 7.99. The van der Waals surface area contributed by atoms with Gasteiger partial charge in [-0.3, -0.25) is 9.97 Å². The predicted molar refractivity (Wildman–Crippen MR) is 141 cm³/mol. The van der Waals surface area contributed by atoms with Crippen LogP contribution in [-0.4, -0.2) is 9.97 Å². The van der Waals surface area contributed by atoms with Crippen molar-refractivity contribution in [1.82, 2.24) is 9.97 Å². The Balaban J connectivity index is 1.47. The lowest BCUT2D eigenvalue weighted by Crippen LogP contribution is -2.16. The van der Waals surface area contributed by atoms with Crippen LogP contribution in [0.15, 0.2) is 113 Å². The van der Waals surface area contributed by atoms with Crippen LogP contribution in [0.1, 0.15) is 11.1 Å². The van der Waals surface area contributed by atoms with E-state index in [4.69, 9.17) is 0 Å². The van der Waals surface area contributed by atoms with Gasteiger partial charge in [0.1, 0.15) is 0 Å². The van der Waals surface area contributed by atoms with E-state index in [-0.39, 0.29) is 0 Å². The summed E-state index contributed by atoms with van der Waals surface area (Å²) in [6, 6.07) is 32.0. The highest BCUT2D eigenvalue weighted by Crippen LogP contribution is 2.52. The van der Waals surface area contributed by atoms with Crippen molar-refractivity contribution in [2.75, 3.05) is 4.90 Å². The Morgan fingerprint density at radius 3 is 1.97 bits per heavy atom. The lowest BCUT2D eigenvalue weighted by atomic mass is 9.96. The third kappa shape index (κ3) is 3.57. The first-order chi connectivity index (χ1) is 16.7. The van der Waals surface area contributed by atoms with Gasteiger partial charge in [-0.2, -0.15) is 0 Å². The second kappa shape index (κ2) is 8.47. The molecule has 0 radical (unpaired) electrons. The number of fused-ring (bicyclic) bond motifs is 2. The van der Waals surface area contributed by atoms with E-state index in [0.717, 1.165) is 17.0 Å². The number of para-hydroxylation sites is 2. The number of anilines is 3. The molecule has 0 amide bonds. The standard InChI is InChI=1S/C30H23N3S/c1-20-18-28(33-26-10-3-5-12-29(26)34-30-13-6-4-11-27(30)33)21(2)17-23(20)22-14-16-32-25(19-22)24-9-7-8-15-31-24/h3-19H,1-2H3. The predicted octanol–water partition coefficient (Wildman–Crippen LogP) is 8.36. The molecule has 3 nitrogen and oxygen atoms in total. The zero-order valence-electron chi connectivity index (χ0n) is 19.1.